The van der Waals surface area contributed by atoms with Crippen molar-refractivity contribution >= 4 is 44.8 Å². The van der Waals surface area contributed by atoms with Gasteiger partial charge in [0.2, 0.25) is 0 Å². The number of benzene rings is 2. The monoisotopic (exact) mass is 379 g/mol. The van der Waals surface area contributed by atoms with Crippen molar-refractivity contribution in [1.82, 2.24) is 0 Å². The molecule has 1 N–H and O–H groups in total. The second kappa shape index (κ2) is 6.90. The Morgan fingerprint density at radius 1 is 1.30 bits per heavy atom. The van der Waals surface area contributed by atoms with Crippen LogP contribution >= 0.6 is 0 Å². The fourth-order valence-corrected chi connectivity index (χ4v) is 3.92. The molecule has 0 aliphatic carbocycles. The average Bonchev–Trinajstić information content (AvgIpc) is 2.94. The van der Waals surface area contributed by atoms with Crippen LogP contribution < -0.4 is 5.32 Å². The molecule has 8 heteroatoms. The van der Waals surface area contributed by atoms with Crippen molar-refractivity contribution in [2.45, 2.75) is 4.90 Å². The minimum Gasteiger partial charge on any atom is -0.321 e. The molecule has 0 spiro atoms. The molecule has 1 amide bonds. The molecule has 0 bridgehead atoms. The van der Waals surface area contributed by atoms with Crippen LogP contribution in [0.1, 0.15) is 11.1 Å². The van der Waals surface area contributed by atoms with Crippen LogP contribution in [0.5, 0.6) is 0 Å². The molecule has 1 aliphatic heterocycles. The highest BCUT2D eigenvalue weighted by atomic mass is 32.2. The summed E-state index contributed by atoms with van der Waals surface area (Å²) >= 11 is 0. The van der Waals surface area contributed by atoms with Gasteiger partial charge in [0.1, 0.15) is 11.6 Å². The van der Waals surface area contributed by atoms with Crippen molar-refractivity contribution in [3.63, 3.8) is 0 Å². The minimum absolute atomic E-state index is 0.141. The molecule has 0 aromatic heterocycles. The van der Waals surface area contributed by atoms with Gasteiger partial charge in [0.15, 0.2) is 0 Å². The Balaban J connectivity index is 1.86. The van der Waals surface area contributed by atoms with Gasteiger partial charge in [-0.15, -0.1) is 0 Å². The Morgan fingerprint density at radius 3 is 2.78 bits per heavy atom. The van der Waals surface area contributed by atoms with Crippen molar-refractivity contribution in [2.75, 3.05) is 5.32 Å². The molecule has 3 rings (SSSR count). The van der Waals surface area contributed by atoms with Crippen molar-refractivity contribution in [3.05, 3.63) is 74.7 Å². The van der Waals surface area contributed by atoms with E-state index in [1.54, 1.807) is 36.4 Å². The lowest BCUT2D eigenvalue weighted by molar-refractivity contribution is -0.384. The molecule has 0 radical (unpaired) electrons. The summed E-state index contributed by atoms with van der Waals surface area (Å²) in [5.74, 6) is 2.99. The van der Waals surface area contributed by atoms with Crippen LogP contribution in [0.4, 0.5) is 11.4 Å². The highest BCUT2D eigenvalue weighted by Gasteiger charge is 2.17. The normalized spacial score (nSPS) is 17.8. The zero-order valence-corrected chi connectivity index (χ0v) is 14.7. The number of nitrogens with zero attached hydrogens (tertiary/aromatic N) is 2. The molecule has 1 aliphatic rings. The number of fused-ring (bicyclic) bond motifs is 1. The summed E-state index contributed by atoms with van der Waals surface area (Å²) in [6.45, 7) is 0. The average molecular weight is 379 g/mol. The lowest BCUT2D eigenvalue weighted by Crippen LogP contribution is -2.13. The molecule has 134 valence electrons. The van der Waals surface area contributed by atoms with Crippen LogP contribution in [-0.4, -0.2) is 20.9 Å². The molecule has 1 unspecified atom stereocenters. The predicted octanol–water partition coefficient (Wildman–Crippen LogP) is 3.20. The van der Waals surface area contributed by atoms with Gasteiger partial charge in [0.25, 0.3) is 11.6 Å². The van der Waals surface area contributed by atoms with E-state index in [1.165, 1.54) is 29.7 Å². The topological polar surface area (TPSA) is 113 Å². The number of nitriles is 1. The molecular formula is C19H13N3O4S. The highest BCUT2D eigenvalue weighted by Crippen LogP contribution is 2.29. The second-order valence-electron chi connectivity index (χ2n) is 5.76. The maximum absolute atomic E-state index is 12.4. The molecule has 2 aromatic carbocycles. The van der Waals surface area contributed by atoms with E-state index in [4.69, 9.17) is 0 Å². The van der Waals surface area contributed by atoms with Crippen LogP contribution in [0.2, 0.25) is 0 Å². The van der Waals surface area contributed by atoms with E-state index < -0.39 is 20.4 Å². The Hall–Kier alpha value is -3.70. The lowest BCUT2D eigenvalue weighted by Gasteiger charge is -2.08. The Labute approximate surface area is 155 Å². The van der Waals surface area contributed by atoms with Gasteiger partial charge in [-0.05, 0) is 46.7 Å². The first-order valence-electron chi connectivity index (χ1n) is 7.67. The number of carbonyl (C=O) groups excluding carboxylic acids is 1. The Kier molecular flexibility index (Phi) is 4.62. The van der Waals surface area contributed by atoms with Gasteiger partial charge in [0, 0.05) is 32.2 Å². The van der Waals surface area contributed by atoms with Crippen LogP contribution in [0.3, 0.4) is 0 Å². The van der Waals surface area contributed by atoms with Gasteiger partial charge in [-0.25, -0.2) is 0 Å². The van der Waals surface area contributed by atoms with Crippen molar-refractivity contribution in [2.24, 2.45) is 0 Å². The largest absolute Gasteiger partial charge is 0.321 e. The summed E-state index contributed by atoms with van der Waals surface area (Å²) in [5.41, 5.74) is 1.14. The van der Waals surface area contributed by atoms with Crippen molar-refractivity contribution in [3.8, 4) is 6.07 Å². The third kappa shape index (κ3) is 3.78. The van der Waals surface area contributed by atoms with E-state index in [9.17, 15) is 24.4 Å². The van der Waals surface area contributed by atoms with Gasteiger partial charge in [-0.1, -0.05) is 18.2 Å². The molecule has 7 nitrogen and oxygen atoms in total. The summed E-state index contributed by atoms with van der Waals surface area (Å²) < 4.78 is 12.3. The maximum atomic E-state index is 12.4. The SMILES string of the molecule is C=S1(=O)C=Cc2ccc(NC(=O)/C(C#N)=C/c3cccc([N+](=O)[O-])c3)cc21. The van der Waals surface area contributed by atoms with Gasteiger partial charge in [0.05, 0.1) is 4.92 Å². The zero-order valence-electron chi connectivity index (χ0n) is 13.9. The Bertz CT molecular complexity index is 1170. The maximum Gasteiger partial charge on any atom is 0.270 e. The molecular weight excluding hydrogens is 366 g/mol. The highest BCUT2D eigenvalue weighted by molar-refractivity contribution is 8.03. The third-order valence-electron chi connectivity index (χ3n) is 3.87. The summed E-state index contributed by atoms with van der Waals surface area (Å²) in [6, 6.07) is 12.3. The van der Waals surface area contributed by atoms with Crippen LogP contribution in [0.25, 0.3) is 12.2 Å². The van der Waals surface area contributed by atoms with Gasteiger partial charge in [-0.2, -0.15) is 5.26 Å². The molecule has 1 atom stereocenters. The van der Waals surface area contributed by atoms with Gasteiger partial charge >= 0.3 is 0 Å². The van der Waals surface area contributed by atoms with Gasteiger partial charge < -0.3 is 5.32 Å². The van der Waals surface area contributed by atoms with E-state index in [-0.39, 0.29) is 11.3 Å². The third-order valence-corrected chi connectivity index (χ3v) is 5.54. The molecule has 0 saturated heterocycles. The lowest BCUT2D eigenvalue weighted by atomic mass is 10.1. The molecule has 27 heavy (non-hydrogen) atoms. The number of non-ortho nitro benzene ring substituents is 1. The first kappa shape index (κ1) is 18.1. The fraction of sp³-hybridized carbons (Fsp3) is 0. The number of amides is 1. The van der Waals surface area contributed by atoms with E-state index in [2.05, 4.69) is 11.2 Å². The number of hydrogen-bond donors (Lipinski definition) is 1. The van der Waals surface area contributed by atoms with Crippen LogP contribution in [0.15, 0.2) is 58.3 Å². The molecule has 0 fully saturated rings. The van der Waals surface area contributed by atoms with Crippen molar-refractivity contribution < 1.29 is 13.9 Å². The summed E-state index contributed by atoms with van der Waals surface area (Å²) in [6.07, 6.45) is 2.97. The predicted molar refractivity (Wildman–Crippen MR) is 104 cm³/mol. The van der Waals surface area contributed by atoms with Gasteiger partial charge in [-0.3, -0.25) is 19.1 Å². The fourth-order valence-electron chi connectivity index (χ4n) is 2.55. The molecule has 1 heterocycles. The van der Waals surface area contributed by atoms with Crippen LogP contribution in [-0.2, 0) is 14.3 Å². The standard InChI is InChI=1S/C19H13N3O4S/c1-27(26)8-7-14-5-6-16(11-18(14)27)21-19(23)15(12-20)9-13-3-2-4-17(10-13)22(24)25/h2-11H,1H2,(H,21,23)/b15-9+. The first-order valence-corrected chi connectivity index (χ1v) is 9.46. The number of nitro groups is 1. The summed E-state index contributed by atoms with van der Waals surface area (Å²) in [5, 5.41) is 24.2. The number of nitrogens with one attached hydrogen (secondary N) is 1. The van der Waals surface area contributed by atoms with Crippen molar-refractivity contribution in [1.29, 1.82) is 5.26 Å². The number of hydrogen-bond acceptors (Lipinski definition) is 5. The molecule has 2 aromatic rings. The summed E-state index contributed by atoms with van der Waals surface area (Å²) in [4.78, 5) is 23.2. The quantitative estimate of drug-likeness (QED) is 0.288. The minimum atomic E-state index is -2.53. The number of anilines is 1. The Morgan fingerprint density at radius 2 is 2.07 bits per heavy atom. The van der Waals surface area contributed by atoms with E-state index in [1.807, 2.05) is 0 Å². The summed E-state index contributed by atoms with van der Waals surface area (Å²) in [7, 11) is -2.53. The smallest absolute Gasteiger partial charge is 0.270 e. The van der Waals surface area contributed by atoms with E-state index >= 15 is 0 Å². The zero-order chi connectivity index (χ0) is 19.6. The number of rotatable bonds is 4. The number of carbonyl (C=O) groups is 1. The number of nitro benzene ring substituents is 1. The van der Waals surface area contributed by atoms with Crippen LogP contribution in [0, 0.1) is 21.4 Å². The molecule has 0 saturated carbocycles. The van der Waals surface area contributed by atoms with E-state index in [0.29, 0.717) is 16.1 Å². The van der Waals surface area contributed by atoms with E-state index in [0.717, 1.165) is 5.56 Å². The first-order chi connectivity index (χ1) is 12.8. The second-order valence-corrected chi connectivity index (χ2v) is 7.92.